The quantitative estimate of drug-likeness (QED) is 0.0908. The number of aryl methyl sites for hydroxylation is 3. The summed E-state index contributed by atoms with van der Waals surface area (Å²) in [5.41, 5.74) is 4.40. The molecule has 0 saturated heterocycles. The first kappa shape index (κ1) is 32.7. The smallest absolute Gasteiger partial charge is 0.313 e. The van der Waals surface area contributed by atoms with Gasteiger partial charge in [-0.25, -0.2) is 0 Å². The lowest BCUT2D eigenvalue weighted by molar-refractivity contribution is -0.158. The zero-order chi connectivity index (χ0) is 30.4. The van der Waals surface area contributed by atoms with Crippen LogP contribution in [0.25, 0.3) is 0 Å². The molecule has 0 aliphatic heterocycles. The van der Waals surface area contributed by atoms with Crippen LogP contribution in [-0.2, 0) is 38.3 Å². The molecule has 0 N–H and O–H groups in total. The molecular weight excluding hydrogens is 532 g/mol. The zero-order valence-corrected chi connectivity index (χ0v) is 26.4. The molecule has 1 unspecified atom stereocenters. The van der Waals surface area contributed by atoms with E-state index in [0.717, 1.165) is 51.4 Å². The standard InChI is InChI=1S/C39H50O4/c1-38(2,3)43-37(40)36(24-23-34-19-11-6-12-20-34)35-25-26-39(29-35,30-41-27-13-21-32-15-7-4-8-16-32)31-42-28-14-22-33-17-9-5-10-18-33/h4-12,15-20,25,36H,13-14,21-24,26-31H2,1-3H3. The fourth-order valence-corrected chi connectivity index (χ4v) is 5.86. The molecule has 1 atom stereocenters. The van der Waals surface area contributed by atoms with Crippen LogP contribution < -0.4 is 0 Å². The number of rotatable bonds is 17. The predicted octanol–water partition coefficient (Wildman–Crippen LogP) is 8.58. The van der Waals surface area contributed by atoms with E-state index in [2.05, 4.69) is 91.0 Å². The van der Waals surface area contributed by atoms with Crippen molar-refractivity contribution in [2.75, 3.05) is 26.4 Å². The van der Waals surface area contributed by atoms with Gasteiger partial charge in [-0.3, -0.25) is 4.79 Å². The van der Waals surface area contributed by atoms with Crippen LogP contribution in [0.4, 0.5) is 0 Å². The van der Waals surface area contributed by atoms with E-state index in [4.69, 9.17) is 14.2 Å². The Bertz CT molecular complexity index is 1200. The van der Waals surface area contributed by atoms with Crippen molar-refractivity contribution < 1.29 is 19.0 Å². The number of hydrogen-bond donors (Lipinski definition) is 0. The summed E-state index contributed by atoms with van der Waals surface area (Å²) in [7, 11) is 0. The van der Waals surface area contributed by atoms with Gasteiger partial charge in [-0.2, -0.15) is 0 Å². The van der Waals surface area contributed by atoms with E-state index in [1.165, 1.54) is 22.3 Å². The van der Waals surface area contributed by atoms with E-state index in [1.54, 1.807) is 0 Å². The van der Waals surface area contributed by atoms with E-state index in [0.29, 0.717) is 26.4 Å². The Labute approximate surface area is 259 Å². The van der Waals surface area contributed by atoms with Crippen molar-refractivity contribution in [2.45, 2.75) is 77.7 Å². The molecule has 0 radical (unpaired) electrons. The fraction of sp³-hybridized carbons (Fsp3) is 0.462. The number of esters is 1. The average Bonchev–Trinajstić information content (AvgIpc) is 3.41. The highest BCUT2D eigenvalue weighted by atomic mass is 16.6. The summed E-state index contributed by atoms with van der Waals surface area (Å²) >= 11 is 0. The molecule has 4 rings (SSSR count). The molecule has 0 bridgehead atoms. The summed E-state index contributed by atoms with van der Waals surface area (Å²) in [4.78, 5) is 13.5. The normalized spacial score (nSPS) is 15.2. The molecule has 1 aliphatic rings. The lowest BCUT2D eigenvalue weighted by Crippen LogP contribution is -2.33. The number of ether oxygens (including phenoxy) is 3. The van der Waals surface area contributed by atoms with Crippen LogP contribution in [0.15, 0.2) is 103 Å². The summed E-state index contributed by atoms with van der Waals surface area (Å²) in [6.45, 7) is 8.50. The van der Waals surface area contributed by atoms with Gasteiger partial charge in [0.2, 0.25) is 0 Å². The SMILES string of the molecule is CC(C)(C)OC(=O)C(CCc1ccccc1)C1=CCC(COCCCc2ccccc2)(COCCCc2ccccc2)C1. The van der Waals surface area contributed by atoms with Crippen LogP contribution in [0.3, 0.4) is 0 Å². The van der Waals surface area contributed by atoms with Crippen molar-refractivity contribution in [3.63, 3.8) is 0 Å². The molecule has 0 fully saturated rings. The molecule has 43 heavy (non-hydrogen) atoms. The first-order valence-electron chi connectivity index (χ1n) is 16.0. The monoisotopic (exact) mass is 582 g/mol. The van der Waals surface area contributed by atoms with Crippen LogP contribution in [-0.4, -0.2) is 38.0 Å². The minimum Gasteiger partial charge on any atom is -0.460 e. The number of carbonyl (C=O) groups is 1. The second-order valence-corrected chi connectivity index (χ2v) is 13.1. The third-order valence-corrected chi connectivity index (χ3v) is 8.09. The topological polar surface area (TPSA) is 44.8 Å². The average molecular weight is 583 g/mol. The molecule has 0 spiro atoms. The second kappa shape index (κ2) is 16.6. The fourth-order valence-electron chi connectivity index (χ4n) is 5.86. The maximum absolute atomic E-state index is 13.5. The van der Waals surface area contributed by atoms with Crippen molar-refractivity contribution in [2.24, 2.45) is 11.3 Å². The van der Waals surface area contributed by atoms with Crippen LogP contribution in [0, 0.1) is 11.3 Å². The number of allylic oxidation sites excluding steroid dienone is 1. The Morgan fingerprint density at radius 3 is 1.65 bits per heavy atom. The highest BCUT2D eigenvalue weighted by Gasteiger charge is 2.40. The predicted molar refractivity (Wildman–Crippen MR) is 175 cm³/mol. The highest BCUT2D eigenvalue weighted by molar-refractivity contribution is 5.76. The highest BCUT2D eigenvalue weighted by Crippen LogP contribution is 2.43. The molecule has 4 nitrogen and oxygen atoms in total. The van der Waals surface area contributed by atoms with E-state index in [9.17, 15) is 4.79 Å². The molecule has 0 heterocycles. The molecule has 1 aliphatic carbocycles. The molecule has 0 amide bonds. The lowest BCUT2D eigenvalue weighted by atomic mass is 9.82. The number of carbonyl (C=O) groups excluding carboxylic acids is 1. The van der Waals surface area contributed by atoms with Crippen LogP contribution in [0.5, 0.6) is 0 Å². The molecule has 4 heteroatoms. The Morgan fingerprint density at radius 1 is 0.721 bits per heavy atom. The van der Waals surface area contributed by atoms with E-state index < -0.39 is 5.60 Å². The summed E-state index contributed by atoms with van der Waals surface area (Å²) < 4.78 is 18.6. The van der Waals surface area contributed by atoms with Crippen molar-refractivity contribution in [1.82, 2.24) is 0 Å². The maximum Gasteiger partial charge on any atom is 0.313 e. The van der Waals surface area contributed by atoms with Gasteiger partial charge in [-0.1, -0.05) is 103 Å². The van der Waals surface area contributed by atoms with Crippen molar-refractivity contribution in [1.29, 1.82) is 0 Å². The molecule has 0 saturated carbocycles. The van der Waals surface area contributed by atoms with Gasteiger partial charge in [-0.15, -0.1) is 0 Å². The van der Waals surface area contributed by atoms with E-state index in [-0.39, 0.29) is 17.3 Å². The second-order valence-electron chi connectivity index (χ2n) is 13.1. The molecule has 0 aromatic heterocycles. The Morgan fingerprint density at radius 2 is 1.19 bits per heavy atom. The number of hydrogen-bond acceptors (Lipinski definition) is 4. The summed E-state index contributed by atoms with van der Waals surface area (Å²) in [6.07, 6.45) is 9.47. The van der Waals surface area contributed by atoms with Crippen molar-refractivity contribution >= 4 is 5.97 Å². The Hall–Kier alpha value is -3.21. The summed E-state index contributed by atoms with van der Waals surface area (Å²) in [5.74, 6) is -0.393. The molecule has 3 aromatic carbocycles. The first-order valence-corrected chi connectivity index (χ1v) is 16.0. The van der Waals surface area contributed by atoms with Gasteiger partial charge in [0.1, 0.15) is 5.60 Å². The Balaban J connectivity index is 1.38. The van der Waals surface area contributed by atoms with Gasteiger partial charge in [0.15, 0.2) is 0 Å². The van der Waals surface area contributed by atoms with Gasteiger partial charge in [-0.05, 0) is 88.8 Å². The minimum atomic E-state index is -0.526. The third-order valence-electron chi connectivity index (χ3n) is 8.09. The summed E-state index contributed by atoms with van der Waals surface area (Å²) in [5, 5.41) is 0. The summed E-state index contributed by atoms with van der Waals surface area (Å²) in [6, 6.07) is 31.6. The van der Waals surface area contributed by atoms with Gasteiger partial charge in [0.05, 0.1) is 19.1 Å². The van der Waals surface area contributed by atoms with Gasteiger partial charge in [0.25, 0.3) is 0 Å². The van der Waals surface area contributed by atoms with Crippen molar-refractivity contribution in [3.8, 4) is 0 Å². The third kappa shape index (κ3) is 11.4. The maximum atomic E-state index is 13.5. The Kier molecular flexibility index (Phi) is 12.6. The lowest BCUT2D eigenvalue weighted by Gasteiger charge is -2.31. The van der Waals surface area contributed by atoms with Gasteiger partial charge >= 0.3 is 5.97 Å². The molecule has 3 aromatic rings. The minimum absolute atomic E-state index is 0.127. The van der Waals surface area contributed by atoms with Gasteiger partial charge < -0.3 is 14.2 Å². The first-order chi connectivity index (χ1) is 20.8. The van der Waals surface area contributed by atoms with E-state index in [1.807, 2.05) is 26.8 Å². The van der Waals surface area contributed by atoms with Crippen LogP contribution >= 0.6 is 0 Å². The van der Waals surface area contributed by atoms with Crippen molar-refractivity contribution in [3.05, 3.63) is 119 Å². The van der Waals surface area contributed by atoms with Crippen LogP contribution in [0.2, 0.25) is 0 Å². The molecular formula is C39H50O4. The van der Waals surface area contributed by atoms with E-state index >= 15 is 0 Å². The van der Waals surface area contributed by atoms with Gasteiger partial charge in [0, 0.05) is 18.6 Å². The largest absolute Gasteiger partial charge is 0.460 e. The molecule has 230 valence electrons. The van der Waals surface area contributed by atoms with Crippen LogP contribution in [0.1, 0.15) is 69.6 Å². The zero-order valence-electron chi connectivity index (χ0n) is 26.4. The number of benzene rings is 3.